The number of rotatable bonds is 4. The first-order valence-electron chi connectivity index (χ1n) is 11.8. The van der Waals surface area contributed by atoms with E-state index >= 15 is 0 Å². The van der Waals surface area contributed by atoms with Crippen molar-refractivity contribution in [1.29, 1.82) is 0 Å². The molecule has 2 fully saturated rings. The quantitative estimate of drug-likeness (QED) is 0.348. The van der Waals surface area contributed by atoms with Gasteiger partial charge >= 0.3 is 0 Å². The third kappa shape index (κ3) is 3.28. The summed E-state index contributed by atoms with van der Waals surface area (Å²) in [4.78, 5) is 12.1. The van der Waals surface area contributed by atoms with Crippen LogP contribution < -0.4 is 9.16 Å². The van der Waals surface area contributed by atoms with E-state index in [1.807, 2.05) is 12.1 Å². The maximum absolute atomic E-state index is 6.94. The molecule has 0 spiro atoms. The molecule has 0 aliphatic carbocycles. The lowest BCUT2D eigenvalue weighted by Crippen LogP contribution is -2.73. The topological polar surface area (TPSA) is 46.2 Å². The van der Waals surface area contributed by atoms with Gasteiger partial charge in [-0.15, -0.1) is 0 Å². The molecule has 0 N–H and O–H groups in total. The molecule has 6 heteroatoms. The van der Waals surface area contributed by atoms with E-state index in [0.29, 0.717) is 6.61 Å². The predicted molar refractivity (Wildman–Crippen MR) is 134 cm³/mol. The van der Waals surface area contributed by atoms with Crippen molar-refractivity contribution in [3.05, 3.63) is 35.9 Å². The van der Waals surface area contributed by atoms with Crippen LogP contribution in [0.25, 0.3) is 10.8 Å². The fourth-order valence-electron chi connectivity index (χ4n) is 5.37. The van der Waals surface area contributed by atoms with Crippen molar-refractivity contribution >= 4 is 19.1 Å². The zero-order chi connectivity index (χ0) is 24.7. The van der Waals surface area contributed by atoms with Crippen LogP contribution in [0.15, 0.2) is 30.3 Å². The van der Waals surface area contributed by atoms with Crippen molar-refractivity contribution in [2.75, 3.05) is 13.7 Å². The predicted octanol–water partition coefficient (Wildman–Crippen LogP) is 7.19. The van der Waals surface area contributed by atoms with E-state index in [9.17, 15) is 0 Å². The van der Waals surface area contributed by atoms with Crippen molar-refractivity contribution in [1.82, 2.24) is 0 Å². The standard InChI is InChI=1S/C27H40O5Si/c1-23(2,3)27-25(7,8)17-29-26(27,31-32-27)21-15-19-14-20(28-9)13-12-18(19)16-22(21)30-33(10,11)24(4,5)6/h12-16H,17H2,1-11H3. The molecule has 2 heterocycles. The minimum Gasteiger partial charge on any atom is -0.543 e. The van der Waals surface area contributed by atoms with E-state index < -0.39 is 19.7 Å². The van der Waals surface area contributed by atoms with Crippen LogP contribution in [0.5, 0.6) is 11.5 Å². The molecule has 2 aromatic rings. The van der Waals surface area contributed by atoms with Gasteiger partial charge in [0, 0.05) is 10.8 Å². The van der Waals surface area contributed by atoms with Crippen LogP contribution in [-0.4, -0.2) is 27.6 Å². The van der Waals surface area contributed by atoms with Gasteiger partial charge in [0.25, 0.3) is 5.79 Å². The van der Waals surface area contributed by atoms with Gasteiger partial charge in [-0.05, 0) is 53.2 Å². The van der Waals surface area contributed by atoms with Crippen LogP contribution >= 0.6 is 0 Å². The van der Waals surface area contributed by atoms with Crippen molar-refractivity contribution in [3.63, 3.8) is 0 Å². The zero-order valence-corrected chi connectivity index (χ0v) is 23.1. The van der Waals surface area contributed by atoms with Gasteiger partial charge in [-0.1, -0.05) is 61.5 Å². The molecule has 0 amide bonds. The number of benzene rings is 2. The van der Waals surface area contributed by atoms with E-state index in [4.69, 9.17) is 23.7 Å². The van der Waals surface area contributed by atoms with Gasteiger partial charge < -0.3 is 13.9 Å². The van der Waals surface area contributed by atoms with Crippen molar-refractivity contribution in [2.45, 2.75) is 84.9 Å². The van der Waals surface area contributed by atoms with E-state index in [-0.39, 0.29) is 15.9 Å². The molecule has 2 saturated heterocycles. The third-order valence-corrected chi connectivity index (χ3v) is 12.4. The highest BCUT2D eigenvalue weighted by molar-refractivity contribution is 6.74. The van der Waals surface area contributed by atoms with Crippen molar-refractivity contribution in [2.24, 2.45) is 10.8 Å². The summed E-state index contributed by atoms with van der Waals surface area (Å²) in [6.07, 6.45) is 0. The van der Waals surface area contributed by atoms with Gasteiger partial charge in [0.15, 0.2) is 5.60 Å². The second kappa shape index (κ2) is 7.20. The Kier molecular flexibility index (Phi) is 5.35. The summed E-state index contributed by atoms with van der Waals surface area (Å²) in [5.41, 5.74) is -0.297. The average molecular weight is 473 g/mol. The number of hydrogen-bond donors (Lipinski definition) is 0. The molecular weight excluding hydrogens is 432 g/mol. The summed E-state index contributed by atoms with van der Waals surface area (Å²) in [6, 6.07) is 10.4. The lowest BCUT2D eigenvalue weighted by molar-refractivity contribution is -0.626. The Morgan fingerprint density at radius 3 is 2.09 bits per heavy atom. The maximum atomic E-state index is 6.94. The Balaban J connectivity index is 1.99. The third-order valence-electron chi connectivity index (χ3n) is 8.06. The molecule has 182 valence electrons. The maximum Gasteiger partial charge on any atom is 0.265 e. The van der Waals surface area contributed by atoms with Crippen LogP contribution in [0.4, 0.5) is 0 Å². The summed E-state index contributed by atoms with van der Waals surface area (Å²) in [6.45, 7) is 22.8. The fraction of sp³-hybridized carbons (Fsp3) is 0.630. The normalized spacial score (nSPS) is 27.2. The Hall–Kier alpha value is -1.60. The summed E-state index contributed by atoms with van der Waals surface area (Å²) in [5.74, 6) is 0.572. The first-order chi connectivity index (χ1) is 15.0. The van der Waals surface area contributed by atoms with Crippen molar-refractivity contribution < 1.29 is 23.7 Å². The lowest BCUT2D eigenvalue weighted by Gasteiger charge is -2.61. The smallest absolute Gasteiger partial charge is 0.265 e. The van der Waals surface area contributed by atoms with Crippen LogP contribution in [0.1, 0.15) is 61.0 Å². The zero-order valence-electron chi connectivity index (χ0n) is 22.1. The molecule has 0 aromatic heterocycles. The molecule has 2 aliphatic heterocycles. The molecule has 0 saturated carbocycles. The first kappa shape index (κ1) is 24.5. The molecule has 2 atom stereocenters. The van der Waals surface area contributed by atoms with Gasteiger partial charge in [0.1, 0.15) is 11.5 Å². The molecule has 2 aromatic carbocycles. The van der Waals surface area contributed by atoms with Crippen LogP contribution in [0.3, 0.4) is 0 Å². The first-order valence-corrected chi connectivity index (χ1v) is 14.7. The monoisotopic (exact) mass is 472 g/mol. The Bertz CT molecular complexity index is 1080. The molecule has 4 rings (SSSR count). The van der Waals surface area contributed by atoms with Gasteiger partial charge in [-0.3, -0.25) is 0 Å². The van der Waals surface area contributed by atoms with Crippen LogP contribution in [0, 0.1) is 10.8 Å². The van der Waals surface area contributed by atoms with E-state index in [2.05, 4.69) is 86.7 Å². The number of fused-ring (bicyclic) bond motifs is 2. The Morgan fingerprint density at radius 2 is 1.58 bits per heavy atom. The minimum atomic E-state index is -2.15. The lowest BCUT2D eigenvalue weighted by atomic mass is 9.57. The highest BCUT2D eigenvalue weighted by atomic mass is 28.4. The van der Waals surface area contributed by atoms with Gasteiger partial charge in [-0.2, -0.15) is 4.89 Å². The summed E-state index contributed by atoms with van der Waals surface area (Å²) >= 11 is 0. The van der Waals surface area contributed by atoms with Gasteiger partial charge in [0.2, 0.25) is 8.32 Å². The number of hydrogen-bond acceptors (Lipinski definition) is 5. The SMILES string of the molecule is COc1ccc2cc(O[Si](C)(C)C(C)(C)C)c(C34OCC(C)(C)C3(C(C)(C)C)OO4)cc2c1. The molecule has 2 unspecified atom stereocenters. The molecular formula is C27H40O5Si. The van der Waals surface area contributed by atoms with Crippen LogP contribution in [-0.2, 0) is 20.3 Å². The summed E-state index contributed by atoms with van der Waals surface area (Å²) in [7, 11) is -0.460. The largest absolute Gasteiger partial charge is 0.543 e. The second-order valence-electron chi connectivity index (χ2n) is 12.8. The molecule has 2 aliphatic rings. The summed E-state index contributed by atoms with van der Waals surface area (Å²) < 4.78 is 19.0. The fourth-order valence-corrected chi connectivity index (χ4v) is 6.39. The number of ether oxygens (including phenoxy) is 2. The molecule has 0 bridgehead atoms. The highest BCUT2D eigenvalue weighted by Crippen LogP contribution is 2.70. The van der Waals surface area contributed by atoms with E-state index in [1.165, 1.54) is 0 Å². The molecule has 5 nitrogen and oxygen atoms in total. The second-order valence-corrected chi connectivity index (χ2v) is 17.5. The van der Waals surface area contributed by atoms with Gasteiger partial charge in [-0.25, -0.2) is 4.89 Å². The Morgan fingerprint density at radius 1 is 0.909 bits per heavy atom. The summed E-state index contributed by atoms with van der Waals surface area (Å²) in [5, 5.41) is 2.18. The van der Waals surface area contributed by atoms with Gasteiger partial charge in [0.05, 0.1) is 19.3 Å². The van der Waals surface area contributed by atoms with E-state index in [1.54, 1.807) is 7.11 Å². The Labute approximate surface area is 199 Å². The molecule has 33 heavy (non-hydrogen) atoms. The highest BCUT2D eigenvalue weighted by Gasteiger charge is 2.81. The minimum absolute atomic E-state index is 0.0463. The van der Waals surface area contributed by atoms with E-state index in [0.717, 1.165) is 27.8 Å². The number of methoxy groups -OCH3 is 1. The molecule has 0 radical (unpaired) electrons. The average Bonchev–Trinajstić information content (AvgIpc) is 2.81. The van der Waals surface area contributed by atoms with Crippen molar-refractivity contribution in [3.8, 4) is 11.5 Å². The van der Waals surface area contributed by atoms with Crippen LogP contribution in [0.2, 0.25) is 18.1 Å².